The van der Waals surface area contributed by atoms with Crippen LogP contribution in [0.4, 0.5) is 4.39 Å². The molecule has 112 valence electrons. The summed E-state index contributed by atoms with van der Waals surface area (Å²) in [6, 6.07) is 3.70. The maximum absolute atomic E-state index is 13.4. The lowest BCUT2D eigenvalue weighted by Crippen LogP contribution is -2.32. The van der Waals surface area contributed by atoms with Gasteiger partial charge in [-0.3, -0.25) is 0 Å². The van der Waals surface area contributed by atoms with E-state index in [2.05, 4.69) is 5.32 Å². The van der Waals surface area contributed by atoms with Crippen molar-refractivity contribution in [2.75, 3.05) is 18.9 Å². The average molecular weight is 301 g/mol. The molecule has 0 bridgehead atoms. The van der Waals surface area contributed by atoms with Crippen molar-refractivity contribution in [2.24, 2.45) is 5.92 Å². The number of hydrogen-bond donors (Lipinski definition) is 2. The SMILES string of the molecule is C[C@@H](CCO)CN[C@H]1CCS(=O)(=O)c2ccc(F)cc21. The number of sulfone groups is 1. The fourth-order valence-electron chi connectivity index (χ4n) is 2.49. The number of benzene rings is 1. The fraction of sp³-hybridized carbons (Fsp3) is 0.571. The molecule has 0 saturated heterocycles. The van der Waals surface area contributed by atoms with E-state index in [4.69, 9.17) is 5.11 Å². The molecule has 6 heteroatoms. The molecule has 4 nitrogen and oxygen atoms in total. The topological polar surface area (TPSA) is 66.4 Å². The van der Waals surface area contributed by atoms with E-state index >= 15 is 0 Å². The van der Waals surface area contributed by atoms with Crippen molar-refractivity contribution < 1.29 is 17.9 Å². The molecule has 1 aliphatic heterocycles. The van der Waals surface area contributed by atoms with Crippen LogP contribution in [0.1, 0.15) is 31.4 Å². The Morgan fingerprint density at radius 1 is 1.50 bits per heavy atom. The standard InChI is InChI=1S/C14H20FNO3S/c1-10(4-6-17)9-16-13-5-7-20(18,19)14-3-2-11(15)8-12(13)14/h2-3,8,10,13,16-17H,4-7,9H2,1H3/t10-,13-/m0/s1. The molecule has 0 aromatic heterocycles. The van der Waals surface area contributed by atoms with Gasteiger partial charge in [0.15, 0.2) is 9.84 Å². The number of aliphatic hydroxyl groups is 1. The summed E-state index contributed by atoms with van der Waals surface area (Å²) in [7, 11) is -3.29. The van der Waals surface area contributed by atoms with E-state index in [1.165, 1.54) is 18.2 Å². The molecule has 0 aliphatic carbocycles. The lowest BCUT2D eigenvalue weighted by atomic mass is 10.0. The molecule has 0 fully saturated rings. The van der Waals surface area contributed by atoms with Crippen molar-refractivity contribution in [1.29, 1.82) is 0 Å². The van der Waals surface area contributed by atoms with Crippen molar-refractivity contribution in [3.63, 3.8) is 0 Å². The normalized spacial score (nSPS) is 22.2. The monoisotopic (exact) mass is 301 g/mol. The van der Waals surface area contributed by atoms with Gasteiger partial charge in [0.2, 0.25) is 0 Å². The fourth-order valence-corrected chi connectivity index (χ4v) is 4.09. The summed E-state index contributed by atoms with van der Waals surface area (Å²) in [5, 5.41) is 12.2. The molecule has 2 N–H and O–H groups in total. The van der Waals surface area contributed by atoms with E-state index < -0.39 is 15.7 Å². The molecule has 1 aromatic rings. The number of halogens is 1. The number of rotatable bonds is 5. The first-order chi connectivity index (χ1) is 9.44. The summed E-state index contributed by atoms with van der Waals surface area (Å²) >= 11 is 0. The van der Waals surface area contributed by atoms with E-state index in [-0.39, 0.29) is 29.2 Å². The van der Waals surface area contributed by atoms with Crippen molar-refractivity contribution in [2.45, 2.75) is 30.7 Å². The number of hydrogen-bond acceptors (Lipinski definition) is 4. The minimum Gasteiger partial charge on any atom is -0.396 e. The highest BCUT2D eigenvalue weighted by atomic mass is 32.2. The number of nitrogens with one attached hydrogen (secondary N) is 1. The Balaban J connectivity index is 2.19. The lowest BCUT2D eigenvalue weighted by molar-refractivity contribution is 0.257. The molecule has 0 unspecified atom stereocenters. The third kappa shape index (κ3) is 3.37. The first-order valence-corrected chi connectivity index (χ1v) is 8.45. The van der Waals surface area contributed by atoms with Gasteiger partial charge >= 0.3 is 0 Å². The quantitative estimate of drug-likeness (QED) is 0.812. The third-order valence-electron chi connectivity index (χ3n) is 3.69. The van der Waals surface area contributed by atoms with Gasteiger partial charge in [-0.1, -0.05) is 6.92 Å². The summed E-state index contributed by atoms with van der Waals surface area (Å²) in [5.74, 6) is -0.0517. The summed E-state index contributed by atoms with van der Waals surface area (Å²) in [6.45, 7) is 2.81. The predicted molar refractivity (Wildman–Crippen MR) is 74.7 cm³/mol. The van der Waals surface area contributed by atoms with Gasteiger partial charge in [0, 0.05) is 12.6 Å². The zero-order chi connectivity index (χ0) is 14.8. The van der Waals surface area contributed by atoms with Crippen molar-refractivity contribution >= 4 is 9.84 Å². The maximum atomic E-state index is 13.4. The molecule has 0 saturated carbocycles. The molecule has 1 heterocycles. The lowest BCUT2D eigenvalue weighted by Gasteiger charge is -2.27. The van der Waals surface area contributed by atoms with Crippen LogP contribution in [0.25, 0.3) is 0 Å². The van der Waals surface area contributed by atoms with Crippen LogP contribution in [0.2, 0.25) is 0 Å². The smallest absolute Gasteiger partial charge is 0.178 e. The van der Waals surface area contributed by atoms with Crippen LogP contribution in [0.15, 0.2) is 23.1 Å². The average Bonchev–Trinajstić information content (AvgIpc) is 2.38. The van der Waals surface area contributed by atoms with E-state index in [1.807, 2.05) is 6.92 Å². The highest BCUT2D eigenvalue weighted by molar-refractivity contribution is 7.91. The van der Waals surface area contributed by atoms with Gasteiger partial charge in [0.05, 0.1) is 10.6 Å². The number of aliphatic hydroxyl groups excluding tert-OH is 1. The second-order valence-corrected chi connectivity index (χ2v) is 7.45. The van der Waals surface area contributed by atoms with Gasteiger partial charge in [0.25, 0.3) is 0 Å². The van der Waals surface area contributed by atoms with Gasteiger partial charge < -0.3 is 10.4 Å². The van der Waals surface area contributed by atoms with Crippen LogP contribution in [0.5, 0.6) is 0 Å². The Morgan fingerprint density at radius 2 is 2.25 bits per heavy atom. The first kappa shape index (κ1) is 15.4. The molecule has 2 rings (SSSR count). The van der Waals surface area contributed by atoms with E-state index in [0.29, 0.717) is 24.9 Å². The van der Waals surface area contributed by atoms with Crippen molar-refractivity contribution in [3.05, 3.63) is 29.6 Å². The van der Waals surface area contributed by atoms with Gasteiger partial charge in [-0.2, -0.15) is 0 Å². The van der Waals surface area contributed by atoms with Crippen LogP contribution < -0.4 is 5.32 Å². The minimum absolute atomic E-state index is 0.0810. The van der Waals surface area contributed by atoms with Crippen LogP contribution in [-0.2, 0) is 9.84 Å². The first-order valence-electron chi connectivity index (χ1n) is 6.80. The van der Waals surface area contributed by atoms with Crippen molar-refractivity contribution in [1.82, 2.24) is 5.32 Å². The van der Waals surface area contributed by atoms with Gasteiger partial charge in [0.1, 0.15) is 5.82 Å². The van der Waals surface area contributed by atoms with Crippen LogP contribution in [0.3, 0.4) is 0 Å². The van der Waals surface area contributed by atoms with E-state index in [9.17, 15) is 12.8 Å². The molecular weight excluding hydrogens is 281 g/mol. The molecule has 20 heavy (non-hydrogen) atoms. The Hall–Kier alpha value is -0.980. The van der Waals surface area contributed by atoms with Crippen molar-refractivity contribution in [3.8, 4) is 0 Å². The van der Waals surface area contributed by atoms with E-state index in [0.717, 1.165) is 0 Å². The van der Waals surface area contributed by atoms with Gasteiger partial charge in [-0.15, -0.1) is 0 Å². The van der Waals surface area contributed by atoms with Crippen LogP contribution in [-0.4, -0.2) is 32.4 Å². The molecule has 2 atom stereocenters. The zero-order valence-electron chi connectivity index (χ0n) is 11.5. The summed E-state index contributed by atoms with van der Waals surface area (Å²) in [6.07, 6.45) is 1.14. The minimum atomic E-state index is -3.29. The Bertz CT molecular complexity index is 574. The number of fused-ring (bicyclic) bond motifs is 1. The molecule has 0 spiro atoms. The molecule has 1 aliphatic rings. The Morgan fingerprint density at radius 3 is 2.95 bits per heavy atom. The summed E-state index contributed by atoms with van der Waals surface area (Å²) in [4.78, 5) is 0.234. The van der Waals surface area contributed by atoms with Crippen LogP contribution in [0, 0.1) is 11.7 Å². The molecule has 1 aromatic carbocycles. The highest BCUT2D eigenvalue weighted by Crippen LogP contribution is 2.32. The molecule has 0 radical (unpaired) electrons. The summed E-state index contributed by atoms with van der Waals surface area (Å²) in [5.41, 5.74) is 0.521. The predicted octanol–water partition coefficient (Wildman–Crippen LogP) is 1.65. The zero-order valence-corrected chi connectivity index (χ0v) is 12.3. The van der Waals surface area contributed by atoms with E-state index in [1.54, 1.807) is 0 Å². The highest BCUT2D eigenvalue weighted by Gasteiger charge is 2.30. The maximum Gasteiger partial charge on any atom is 0.178 e. The van der Waals surface area contributed by atoms with Gasteiger partial charge in [-0.05, 0) is 49.1 Å². The Labute approximate surface area is 118 Å². The third-order valence-corrected chi connectivity index (χ3v) is 5.51. The second kappa shape index (κ2) is 6.20. The molecule has 0 amide bonds. The molecular formula is C14H20FNO3S. The largest absolute Gasteiger partial charge is 0.396 e. The van der Waals surface area contributed by atoms with Gasteiger partial charge in [-0.25, -0.2) is 12.8 Å². The second-order valence-electron chi connectivity index (χ2n) is 5.37. The Kier molecular flexibility index (Phi) is 4.78. The summed E-state index contributed by atoms with van der Waals surface area (Å²) < 4.78 is 37.4. The van der Waals surface area contributed by atoms with Crippen LogP contribution >= 0.6 is 0 Å².